The van der Waals surface area contributed by atoms with Gasteiger partial charge in [-0.15, -0.1) is 0 Å². The highest BCUT2D eigenvalue weighted by molar-refractivity contribution is 8.14. The molecule has 3 nitrogen and oxygen atoms in total. The average Bonchev–Trinajstić information content (AvgIpc) is 2.02. The monoisotopic (exact) mass is 218 g/mol. The van der Waals surface area contributed by atoms with Gasteiger partial charge in [-0.05, 0) is 6.42 Å². The predicted octanol–water partition coefficient (Wildman–Crippen LogP) is 2.55. The average molecular weight is 218 g/mol. The molecule has 2 unspecified atom stereocenters. The van der Waals surface area contributed by atoms with Crippen molar-refractivity contribution in [2.75, 3.05) is 0 Å². The summed E-state index contributed by atoms with van der Waals surface area (Å²) in [7, 11) is 0. The van der Waals surface area contributed by atoms with E-state index < -0.39 is 11.9 Å². The lowest BCUT2D eigenvalue weighted by atomic mass is 9.99. The number of thioether (sulfide) groups is 1. The van der Waals surface area contributed by atoms with Gasteiger partial charge in [0.05, 0.1) is 5.92 Å². The van der Waals surface area contributed by atoms with Gasteiger partial charge in [0.2, 0.25) is 0 Å². The summed E-state index contributed by atoms with van der Waals surface area (Å²) < 4.78 is 0. The fourth-order valence-electron chi connectivity index (χ4n) is 1.33. The van der Waals surface area contributed by atoms with E-state index in [1.807, 2.05) is 6.92 Å². The lowest BCUT2D eigenvalue weighted by molar-refractivity contribution is -0.141. The second-order valence-electron chi connectivity index (χ2n) is 3.40. The number of hydrogen-bond acceptors (Lipinski definition) is 3. The Morgan fingerprint density at radius 3 is 2.36 bits per heavy atom. The van der Waals surface area contributed by atoms with Gasteiger partial charge in [0.15, 0.2) is 5.12 Å². The molecule has 0 aliphatic rings. The third-order valence-electron chi connectivity index (χ3n) is 2.10. The number of aliphatic carboxylic acids is 1. The second kappa shape index (κ2) is 6.87. The molecule has 0 saturated carbocycles. The zero-order valence-corrected chi connectivity index (χ0v) is 9.76. The molecule has 0 aliphatic carbocycles. The zero-order chi connectivity index (χ0) is 11.1. The van der Waals surface area contributed by atoms with Crippen LogP contribution in [-0.4, -0.2) is 21.4 Å². The van der Waals surface area contributed by atoms with Gasteiger partial charge in [0, 0.05) is 12.2 Å². The van der Waals surface area contributed by atoms with E-state index in [0.717, 1.165) is 24.6 Å². The quantitative estimate of drug-likeness (QED) is 0.744. The Bertz CT molecular complexity index is 204. The third kappa shape index (κ3) is 5.27. The molecule has 0 rings (SSSR count). The fourth-order valence-corrected chi connectivity index (χ4v) is 2.27. The maximum absolute atomic E-state index is 10.9. The van der Waals surface area contributed by atoms with E-state index in [1.54, 1.807) is 6.92 Å². The van der Waals surface area contributed by atoms with Crippen molar-refractivity contribution in [3.8, 4) is 0 Å². The van der Waals surface area contributed by atoms with Gasteiger partial charge in [0.25, 0.3) is 0 Å². The van der Waals surface area contributed by atoms with Crippen LogP contribution in [0.25, 0.3) is 0 Å². The first-order chi connectivity index (χ1) is 6.49. The molecular formula is C10H18O3S. The van der Waals surface area contributed by atoms with Crippen molar-refractivity contribution < 1.29 is 14.7 Å². The van der Waals surface area contributed by atoms with Crippen molar-refractivity contribution >= 4 is 22.8 Å². The van der Waals surface area contributed by atoms with Crippen molar-refractivity contribution in [3.63, 3.8) is 0 Å². The van der Waals surface area contributed by atoms with Crippen LogP contribution < -0.4 is 0 Å². The van der Waals surface area contributed by atoms with E-state index in [2.05, 4.69) is 0 Å². The molecule has 0 aromatic heterocycles. The molecule has 0 fully saturated rings. The molecule has 0 radical (unpaired) electrons. The van der Waals surface area contributed by atoms with E-state index in [-0.39, 0.29) is 10.4 Å². The van der Waals surface area contributed by atoms with Crippen molar-refractivity contribution in [2.24, 2.45) is 5.92 Å². The summed E-state index contributed by atoms with van der Waals surface area (Å²) in [5.74, 6) is -1.19. The molecule has 0 aromatic rings. The van der Waals surface area contributed by atoms with Gasteiger partial charge < -0.3 is 5.11 Å². The standard InChI is InChI=1S/C10H18O3S/c1-4-5-6-9(10(12)13)7(2)14-8(3)11/h7,9H,4-6H2,1-3H3,(H,12,13). The van der Waals surface area contributed by atoms with Crippen molar-refractivity contribution in [3.05, 3.63) is 0 Å². The Morgan fingerprint density at radius 2 is 2.00 bits per heavy atom. The summed E-state index contributed by atoms with van der Waals surface area (Å²) in [4.78, 5) is 21.7. The molecule has 0 heterocycles. The summed E-state index contributed by atoms with van der Waals surface area (Å²) in [5.41, 5.74) is 0. The van der Waals surface area contributed by atoms with Gasteiger partial charge in [-0.1, -0.05) is 38.5 Å². The minimum absolute atomic E-state index is 0.0137. The van der Waals surface area contributed by atoms with Crippen LogP contribution in [0.5, 0.6) is 0 Å². The highest BCUT2D eigenvalue weighted by Crippen LogP contribution is 2.24. The van der Waals surface area contributed by atoms with E-state index in [0.29, 0.717) is 6.42 Å². The van der Waals surface area contributed by atoms with Gasteiger partial charge in [-0.2, -0.15) is 0 Å². The maximum Gasteiger partial charge on any atom is 0.307 e. The largest absolute Gasteiger partial charge is 0.481 e. The molecule has 1 N–H and O–H groups in total. The van der Waals surface area contributed by atoms with Crippen LogP contribution in [-0.2, 0) is 9.59 Å². The number of hydrogen-bond donors (Lipinski definition) is 1. The third-order valence-corrected chi connectivity index (χ3v) is 3.14. The smallest absolute Gasteiger partial charge is 0.307 e. The highest BCUT2D eigenvalue weighted by Gasteiger charge is 2.25. The number of carboxylic acid groups (broad SMARTS) is 1. The topological polar surface area (TPSA) is 54.4 Å². The maximum atomic E-state index is 10.9. The van der Waals surface area contributed by atoms with Crippen molar-refractivity contribution in [1.29, 1.82) is 0 Å². The van der Waals surface area contributed by atoms with Crippen LogP contribution in [0.4, 0.5) is 0 Å². The van der Waals surface area contributed by atoms with Crippen LogP contribution in [0.2, 0.25) is 0 Å². The predicted molar refractivity (Wildman–Crippen MR) is 58.4 cm³/mol. The zero-order valence-electron chi connectivity index (χ0n) is 8.95. The van der Waals surface area contributed by atoms with E-state index in [4.69, 9.17) is 5.11 Å². The number of carbonyl (C=O) groups excluding carboxylic acids is 1. The molecule has 0 saturated heterocycles. The first kappa shape index (κ1) is 13.5. The summed E-state index contributed by atoms with van der Waals surface area (Å²) in [6, 6.07) is 0. The lowest BCUT2D eigenvalue weighted by Gasteiger charge is -2.17. The fraction of sp³-hybridized carbons (Fsp3) is 0.800. The molecule has 0 spiro atoms. The van der Waals surface area contributed by atoms with Crippen LogP contribution in [0.3, 0.4) is 0 Å². The number of rotatable bonds is 6. The van der Waals surface area contributed by atoms with Crippen molar-refractivity contribution in [1.82, 2.24) is 0 Å². The minimum Gasteiger partial charge on any atom is -0.481 e. The number of carboxylic acids is 1. The van der Waals surface area contributed by atoms with Gasteiger partial charge >= 0.3 is 5.97 Å². The normalized spacial score (nSPS) is 14.8. The van der Waals surface area contributed by atoms with E-state index in [1.165, 1.54) is 6.92 Å². The molecule has 0 aliphatic heterocycles. The lowest BCUT2D eigenvalue weighted by Crippen LogP contribution is -2.24. The summed E-state index contributed by atoms with van der Waals surface area (Å²) in [6.07, 6.45) is 2.55. The Hall–Kier alpha value is -0.510. The Morgan fingerprint density at radius 1 is 1.43 bits per heavy atom. The molecular weight excluding hydrogens is 200 g/mol. The van der Waals surface area contributed by atoms with Gasteiger partial charge in [-0.3, -0.25) is 9.59 Å². The first-order valence-electron chi connectivity index (χ1n) is 4.89. The Balaban J connectivity index is 4.18. The van der Waals surface area contributed by atoms with Crippen LogP contribution in [0, 0.1) is 5.92 Å². The second-order valence-corrected chi connectivity index (χ2v) is 4.96. The minimum atomic E-state index is -0.792. The molecule has 14 heavy (non-hydrogen) atoms. The molecule has 82 valence electrons. The summed E-state index contributed by atoms with van der Waals surface area (Å²) in [6.45, 7) is 5.31. The van der Waals surface area contributed by atoms with Gasteiger partial charge in [0.1, 0.15) is 0 Å². The molecule has 4 heteroatoms. The SMILES string of the molecule is CCCCC(C(=O)O)C(C)SC(C)=O. The molecule has 0 bridgehead atoms. The van der Waals surface area contributed by atoms with Gasteiger partial charge in [-0.25, -0.2) is 0 Å². The highest BCUT2D eigenvalue weighted by atomic mass is 32.2. The Kier molecular flexibility index (Phi) is 6.62. The number of carbonyl (C=O) groups is 2. The first-order valence-corrected chi connectivity index (χ1v) is 5.77. The van der Waals surface area contributed by atoms with Crippen LogP contribution in [0.1, 0.15) is 40.0 Å². The number of unbranched alkanes of at least 4 members (excludes halogenated alkanes) is 1. The Labute approximate surface area is 89.3 Å². The van der Waals surface area contributed by atoms with E-state index in [9.17, 15) is 9.59 Å². The summed E-state index contributed by atoms with van der Waals surface area (Å²) in [5, 5.41) is 8.82. The van der Waals surface area contributed by atoms with Crippen molar-refractivity contribution in [2.45, 2.75) is 45.3 Å². The molecule has 2 atom stereocenters. The van der Waals surface area contributed by atoms with Crippen LogP contribution in [0.15, 0.2) is 0 Å². The van der Waals surface area contributed by atoms with Crippen LogP contribution >= 0.6 is 11.8 Å². The molecule has 0 amide bonds. The van der Waals surface area contributed by atoms with E-state index >= 15 is 0 Å². The molecule has 0 aromatic carbocycles. The summed E-state index contributed by atoms with van der Waals surface area (Å²) >= 11 is 1.12.